The van der Waals surface area contributed by atoms with Gasteiger partial charge in [-0.1, -0.05) is 12.1 Å². The summed E-state index contributed by atoms with van der Waals surface area (Å²) in [7, 11) is 0. The molecule has 0 aliphatic carbocycles. The zero-order valence-electron chi connectivity index (χ0n) is 17.0. The van der Waals surface area contributed by atoms with Gasteiger partial charge in [0.2, 0.25) is 11.8 Å². The monoisotopic (exact) mass is 447 g/mol. The lowest BCUT2D eigenvalue weighted by atomic mass is 10.1. The van der Waals surface area contributed by atoms with Crippen LogP contribution in [-0.2, 0) is 25.5 Å². The van der Waals surface area contributed by atoms with Crippen LogP contribution in [0.2, 0.25) is 0 Å². The molecule has 164 valence electrons. The minimum Gasteiger partial charge on any atom is -0.424 e. The van der Waals surface area contributed by atoms with Crippen LogP contribution in [0, 0.1) is 6.92 Å². The van der Waals surface area contributed by atoms with E-state index in [0.29, 0.717) is 11.1 Å². The van der Waals surface area contributed by atoms with Crippen molar-refractivity contribution in [2.24, 2.45) is 5.73 Å². The van der Waals surface area contributed by atoms with Gasteiger partial charge in [0.05, 0.1) is 11.6 Å². The Bertz CT molecular complexity index is 1080. The second kappa shape index (κ2) is 8.44. The number of carbonyl (C=O) groups is 4. The Morgan fingerprint density at radius 3 is 2.52 bits per heavy atom. The molecule has 3 unspecified atom stereocenters. The van der Waals surface area contributed by atoms with E-state index in [1.165, 1.54) is 37.1 Å². The Morgan fingerprint density at radius 2 is 1.97 bits per heavy atom. The molecule has 3 N–H and O–H groups in total. The minimum atomic E-state index is -2.58. The number of carbonyl (C=O) groups excluding carboxylic acids is 4. The van der Waals surface area contributed by atoms with Gasteiger partial charge >= 0.3 is 5.97 Å². The molecule has 3 atom stereocenters. The van der Waals surface area contributed by atoms with E-state index < -0.39 is 46.2 Å². The molecule has 1 aromatic carbocycles. The summed E-state index contributed by atoms with van der Waals surface area (Å²) < 4.78 is 27.9. The van der Waals surface area contributed by atoms with Gasteiger partial charge in [0, 0.05) is 26.1 Å². The third kappa shape index (κ3) is 4.14. The van der Waals surface area contributed by atoms with Crippen LogP contribution in [0.4, 0.5) is 5.69 Å². The second-order valence-corrected chi connectivity index (χ2v) is 8.22. The highest BCUT2D eigenvalue weighted by atomic mass is 32.2. The number of rotatable bonds is 4. The number of anilines is 1. The Hall–Kier alpha value is -3.31. The van der Waals surface area contributed by atoms with Crippen LogP contribution in [0.1, 0.15) is 36.2 Å². The Balaban J connectivity index is 2.28. The molecule has 0 spiro atoms. The number of nitrogens with zero attached hydrogens (tertiary/aromatic N) is 2. The molecule has 2 aliphatic rings. The van der Waals surface area contributed by atoms with Gasteiger partial charge < -0.3 is 19.9 Å². The number of esters is 1. The number of amides is 3. The smallest absolute Gasteiger partial charge is 0.308 e. The highest BCUT2D eigenvalue weighted by Crippen LogP contribution is 2.44. The number of fused-ring (bicyclic) bond motifs is 2. The van der Waals surface area contributed by atoms with Crippen LogP contribution in [0.3, 0.4) is 0 Å². The molecule has 0 saturated heterocycles. The first-order valence-corrected chi connectivity index (χ1v) is 10.4. The SMILES string of the molecule is CC(=O)Oc1c(C)ccc2c1N(C(C)=O)C(S(=O)O)C1CC(C=CC(N)=O)=CN1C2=O. The molecule has 11 heteroatoms. The fourth-order valence-corrected chi connectivity index (χ4v) is 4.70. The molecule has 1 aromatic rings. The number of allylic oxidation sites excluding steroid dienone is 1. The van der Waals surface area contributed by atoms with E-state index in [9.17, 15) is 27.9 Å². The van der Waals surface area contributed by atoms with Crippen LogP contribution in [0.25, 0.3) is 0 Å². The largest absolute Gasteiger partial charge is 0.424 e. The van der Waals surface area contributed by atoms with Crippen molar-refractivity contribution in [3.63, 3.8) is 0 Å². The molecule has 0 bridgehead atoms. The van der Waals surface area contributed by atoms with Gasteiger partial charge in [-0.15, -0.1) is 0 Å². The lowest BCUT2D eigenvalue weighted by Gasteiger charge is -2.33. The van der Waals surface area contributed by atoms with E-state index in [-0.39, 0.29) is 23.4 Å². The normalized spacial score (nSPS) is 21.3. The Kier molecular flexibility index (Phi) is 6.09. The van der Waals surface area contributed by atoms with Crippen LogP contribution in [0.5, 0.6) is 5.75 Å². The summed E-state index contributed by atoms with van der Waals surface area (Å²) in [5, 5.41) is -1.35. The molecule has 31 heavy (non-hydrogen) atoms. The van der Waals surface area contributed by atoms with Gasteiger partial charge in [-0.2, -0.15) is 0 Å². The lowest BCUT2D eigenvalue weighted by molar-refractivity contribution is -0.132. The average molecular weight is 447 g/mol. The zero-order valence-corrected chi connectivity index (χ0v) is 17.8. The summed E-state index contributed by atoms with van der Waals surface area (Å²) >= 11 is -2.58. The Labute approximate surface area is 180 Å². The topological polar surface area (TPSA) is 147 Å². The Morgan fingerprint density at radius 1 is 1.29 bits per heavy atom. The molecule has 2 aliphatic heterocycles. The molecular formula is C20H21N3O7S. The van der Waals surface area contributed by atoms with Gasteiger partial charge in [0.1, 0.15) is 5.69 Å². The second-order valence-electron chi connectivity index (χ2n) is 7.18. The predicted octanol–water partition coefficient (Wildman–Crippen LogP) is 0.975. The van der Waals surface area contributed by atoms with Crippen molar-refractivity contribution in [2.45, 2.75) is 38.6 Å². The molecule has 0 radical (unpaired) electrons. The maximum atomic E-state index is 13.4. The van der Waals surface area contributed by atoms with Crippen molar-refractivity contribution in [2.75, 3.05) is 4.90 Å². The van der Waals surface area contributed by atoms with E-state index in [2.05, 4.69) is 0 Å². The van der Waals surface area contributed by atoms with Crippen molar-refractivity contribution in [3.8, 4) is 5.75 Å². The number of primary amides is 1. The van der Waals surface area contributed by atoms with Crippen molar-refractivity contribution >= 4 is 40.5 Å². The first-order chi connectivity index (χ1) is 14.5. The van der Waals surface area contributed by atoms with Crippen molar-refractivity contribution in [1.82, 2.24) is 4.90 Å². The number of ether oxygens (including phenoxy) is 1. The first kappa shape index (κ1) is 22.4. The summed E-state index contributed by atoms with van der Waals surface area (Å²) in [6.45, 7) is 4.00. The molecular weight excluding hydrogens is 426 g/mol. The number of benzene rings is 1. The van der Waals surface area contributed by atoms with E-state index in [0.717, 1.165) is 11.0 Å². The van der Waals surface area contributed by atoms with Gasteiger partial charge in [-0.3, -0.25) is 24.1 Å². The van der Waals surface area contributed by atoms with Crippen LogP contribution >= 0.6 is 0 Å². The minimum absolute atomic E-state index is 0.0250. The number of aryl methyl sites for hydroxylation is 1. The lowest BCUT2D eigenvalue weighted by Crippen LogP contribution is -2.52. The highest BCUT2D eigenvalue weighted by molar-refractivity contribution is 7.80. The number of hydrogen-bond acceptors (Lipinski definition) is 6. The van der Waals surface area contributed by atoms with E-state index in [4.69, 9.17) is 10.5 Å². The fraction of sp³-hybridized carbons (Fsp3) is 0.300. The third-order valence-electron chi connectivity index (χ3n) is 4.98. The summed E-state index contributed by atoms with van der Waals surface area (Å²) in [4.78, 5) is 51.1. The first-order valence-electron chi connectivity index (χ1n) is 9.25. The molecule has 10 nitrogen and oxygen atoms in total. The highest BCUT2D eigenvalue weighted by Gasteiger charge is 2.48. The zero-order chi connectivity index (χ0) is 23.0. The van der Waals surface area contributed by atoms with E-state index in [1.54, 1.807) is 13.0 Å². The maximum Gasteiger partial charge on any atom is 0.308 e. The molecule has 3 amide bonds. The summed E-state index contributed by atoms with van der Waals surface area (Å²) in [6, 6.07) is 2.14. The van der Waals surface area contributed by atoms with Crippen molar-refractivity contribution in [3.05, 3.63) is 47.2 Å². The predicted molar refractivity (Wildman–Crippen MR) is 111 cm³/mol. The standard InChI is InChI=1S/C20H21N3O7S/c1-10-4-6-14-17(18(10)30-12(3)25)23(11(2)24)20(31(28)29)15-8-13(5-7-16(21)26)9-22(15)19(14)27/h4-7,9,15,20H,8H2,1-3H3,(H2,21,26)(H,28,29). The maximum absolute atomic E-state index is 13.4. The van der Waals surface area contributed by atoms with Crippen molar-refractivity contribution < 1.29 is 32.7 Å². The van der Waals surface area contributed by atoms with Gasteiger partial charge in [0.15, 0.2) is 22.2 Å². The molecule has 0 saturated carbocycles. The number of nitrogens with two attached hydrogens (primary N) is 1. The molecule has 0 aromatic heterocycles. The van der Waals surface area contributed by atoms with Gasteiger partial charge in [0.25, 0.3) is 5.91 Å². The van der Waals surface area contributed by atoms with Crippen molar-refractivity contribution in [1.29, 1.82) is 0 Å². The van der Waals surface area contributed by atoms with E-state index >= 15 is 0 Å². The summed E-state index contributed by atoms with van der Waals surface area (Å²) in [6.07, 6.45) is 4.09. The average Bonchev–Trinajstić information content (AvgIpc) is 3.04. The molecule has 0 fully saturated rings. The summed E-state index contributed by atoms with van der Waals surface area (Å²) in [5.41, 5.74) is 6.12. The molecule has 2 heterocycles. The third-order valence-corrected chi connectivity index (χ3v) is 5.92. The fourth-order valence-electron chi connectivity index (χ4n) is 3.77. The van der Waals surface area contributed by atoms with Gasteiger partial charge in [-0.05, 0) is 30.5 Å². The number of hydrogen-bond donors (Lipinski definition) is 2. The van der Waals surface area contributed by atoms with Gasteiger partial charge in [-0.25, -0.2) is 4.21 Å². The van der Waals surface area contributed by atoms with Crippen LogP contribution in [0.15, 0.2) is 36.1 Å². The van der Waals surface area contributed by atoms with Crippen LogP contribution < -0.4 is 15.4 Å². The molecule has 3 rings (SSSR count). The van der Waals surface area contributed by atoms with Crippen LogP contribution in [-0.4, -0.2) is 48.8 Å². The summed E-state index contributed by atoms with van der Waals surface area (Å²) in [5.74, 6) is -2.53. The quantitative estimate of drug-likeness (QED) is 0.302. The van der Waals surface area contributed by atoms with E-state index in [1.807, 2.05) is 0 Å².